The van der Waals surface area contributed by atoms with Crippen molar-refractivity contribution >= 4 is 66.3 Å². The summed E-state index contributed by atoms with van der Waals surface area (Å²) in [6.45, 7) is 15.8. The van der Waals surface area contributed by atoms with Crippen molar-refractivity contribution in [2.75, 3.05) is 9.80 Å². The summed E-state index contributed by atoms with van der Waals surface area (Å²) >= 11 is 0. The number of nitrogens with zero attached hydrogens (tertiary/aromatic N) is 2. The first kappa shape index (κ1) is 44.5. The van der Waals surface area contributed by atoms with E-state index in [-0.39, 0.29) is 5.41 Å². The average molecular weight is 925 g/mol. The Hall–Kier alpha value is -8.72. The van der Waals surface area contributed by atoms with Gasteiger partial charge in [0.2, 0.25) is 0 Å². The zero-order chi connectivity index (χ0) is 49.1. The van der Waals surface area contributed by atoms with Crippen LogP contribution in [0.2, 0.25) is 0 Å². The van der Waals surface area contributed by atoms with Gasteiger partial charge in [0.1, 0.15) is 0 Å². The number of hydrogen-bond donors (Lipinski definition) is 0. The summed E-state index contributed by atoms with van der Waals surface area (Å²) in [5.74, 6) is 0. The highest BCUT2D eigenvalue weighted by Gasteiger charge is 2.39. The summed E-state index contributed by atoms with van der Waals surface area (Å²) in [5, 5.41) is 7.81. The molecule has 12 rings (SSSR count). The number of hydrogen-bond acceptors (Lipinski definition) is 2. The van der Waals surface area contributed by atoms with Gasteiger partial charge in [-0.25, -0.2) is 0 Å². The zero-order valence-corrected chi connectivity index (χ0v) is 41.6. The molecular weight excluding hydrogens is 869 g/mol. The van der Waals surface area contributed by atoms with E-state index in [2.05, 4.69) is 282 Å². The molecule has 0 aromatic heterocycles. The fraction of sp³-hybridized carbons (Fsp3) is 0.0857. The SMILES string of the molecule is C=C/C(=C\C=C(/C)c1cc2cccc3c4c(c5cccc1c5c23)C(C)(C)c1cc(N(c2ccccc2)c2ccccc2)ccc1-4)N(c1ccccc1)c1cc(-c2ccc(C)cc2)cc(-c2ccc(C)cc2)c1. The maximum absolute atomic E-state index is 4.44. The van der Waals surface area contributed by atoms with Crippen molar-refractivity contribution < 1.29 is 0 Å². The van der Waals surface area contributed by atoms with Crippen molar-refractivity contribution in [2.24, 2.45) is 0 Å². The second kappa shape index (κ2) is 17.9. The Kier molecular flexibility index (Phi) is 11.1. The van der Waals surface area contributed by atoms with Crippen LogP contribution in [0.25, 0.3) is 71.3 Å². The van der Waals surface area contributed by atoms with Gasteiger partial charge in [0.05, 0.1) is 0 Å². The van der Waals surface area contributed by atoms with Crippen LogP contribution in [-0.2, 0) is 5.41 Å². The Bertz CT molecular complexity index is 3790. The second-order valence-corrected chi connectivity index (χ2v) is 20.0. The number of para-hydroxylation sites is 3. The lowest BCUT2D eigenvalue weighted by Gasteiger charge is -2.28. The molecule has 0 spiro atoms. The van der Waals surface area contributed by atoms with E-state index in [0.29, 0.717) is 0 Å². The molecule has 72 heavy (non-hydrogen) atoms. The lowest BCUT2D eigenvalue weighted by Crippen LogP contribution is -2.17. The van der Waals surface area contributed by atoms with Crippen molar-refractivity contribution in [3.05, 3.63) is 277 Å². The average Bonchev–Trinajstić information content (AvgIpc) is 3.66. The smallest absolute Gasteiger partial charge is 0.0473 e. The maximum Gasteiger partial charge on any atom is 0.0473 e. The summed E-state index contributed by atoms with van der Waals surface area (Å²) in [7, 11) is 0. The fourth-order valence-electron chi connectivity index (χ4n) is 11.5. The van der Waals surface area contributed by atoms with Gasteiger partial charge in [-0.1, -0.05) is 183 Å². The Morgan fingerprint density at radius 3 is 1.61 bits per heavy atom. The van der Waals surface area contributed by atoms with Crippen molar-refractivity contribution in [1.82, 2.24) is 0 Å². The number of allylic oxidation sites excluding steroid dienone is 4. The molecule has 0 saturated carbocycles. The summed E-state index contributed by atoms with van der Waals surface area (Å²) in [6, 6.07) is 80.1. The highest BCUT2D eigenvalue weighted by Crippen LogP contribution is 2.57. The minimum absolute atomic E-state index is 0.271. The predicted molar refractivity (Wildman–Crippen MR) is 310 cm³/mol. The topological polar surface area (TPSA) is 6.48 Å². The van der Waals surface area contributed by atoms with Gasteiger partial charge in [-0.15, -0.1) is 0 Å². The lowest BCUT2D eigenvalue weighted by molar-refractivity contribution is 0.666. The lowest BCUT2D eigenvalue weighted by atomic mass is 9.77. The van der Waals surface area contributed by atoms with Crippen LogP contribution >= 0.6 is 0 Å². The third-order valence-corrected chi connectivity index (χ3v) is 15.0. The van der Waals surface area contributed by atoms with E-state index >= 15 is 0 Å². The van der Waals surface area contributed by atoms with Crippen LogP contribution in [0.15, 0.2) is 249 Å². The van der Waals surface area contributed by atoms with Crippen LogP contribution in [-0.4, -0.2) is 0 Å². The largest absolute Gasteiger partial charge is 0.310 e. The third-order valence-electron chi connectivity index (χ3n) is 15.0. The normalized spacial score (nSPS) is 13.1. The van der Waals surface area contributed by atoms with Crippen molar-refractivity contribution in [3.8, 4) is 33.4 Å². The Morgan fingerprint density at radius 2 is 1.01 bits per heavy atom. The molecule has 346 valence electrons. The van der Waals surface area contributed by atoms with Gasteiger partial charge in [0, 0.05) is 39.5 Å². The quantitative estimate of drug-likeness (QED) is 0.0942. The fourth-order valence-corrected chi connectivity index (χ4v) is 11.5. The van der Waals surface area contributed by atoms with Gasteiger partial charge in [0.25, 0.3) is 0 Å². The van der Waals surface area contributed by atoms with E-state index < -0.39 is 0 Å². The molecule has 2 heteroatoms. The Labute approximate surface area is 424 Å². The molecule has 0 fully saturated rings. The van der Waals surface area contributed by atoms with Crippen LogP contribution in [0.5, 0.6) is 0 Å². The van der Waals surface area contributed by atoms with Gasteiger partial charge in [-0.2, -0.15) is 0 Å². The molecule has 1 aliphatic rings. The van der Waals surface area contributed by atoms with Crippen LogP contribution < -0.4 is 9.80 Å². The summed E-state index contributed by atoms with van der Waals surface area (Å²) in [5.41, 5.74) is 21.2. The van der Waals surface area contributed by atoms with Gasteiger partial charge in [-0.3, -0.25) is 0 Å². The molecule has 0 atom stereocenters. The van der Waals surface area contributed by atoms with Crippen LogP contribution in [0.3, 0.4) is 0 Å². The van der Waals surface area contributed by atoms with Crippen molar-refractivity contribution in [2.45, 2.75) is 40.0 Å². The Balaban J connectivity index is 0.996. The first-order chi connectivity index (χ1) is 35.2. The minimum atomic E-state index is -0.271. The molecule has 0 aliphatic heterocycles. The molecule has 2 nitrogen and oxygen atoms in total. The van der Waals surface area contributed by atoms with E-state index in [9.17, 15) is 0 Å². The van der Waals surface area contributed by atoms with Gasteiger partial charge < -0.3 is 9.80 Å². The van der Waals surface area contributed by atoms with Crippen LogP contribution in [0, 0.1) is 13.8 Å². The van der Waals surface area contributed by atoms with E-state index in [1.807, 2.05) is 6.08 Å². The molecular formula is C70H56N2. The molecule has 11 aromatic rings. The zero-order valence-electron chi connectivity index (χ0n) is 41.6. The highest BCUT2D eigenvalue weighted by atomic mass is 15.1. The number of aryl methyl sites for hydroxylation is 2. The van der Waals surface area contributed by atoms with E-state index in [1.165, 1.54) is 88.0 Å². The third kappa shape index (κ3) is 7.59. The first-order valence-corrected chi connectivity index (χ1v) is 25.1. The first-order valence-electron chi connectivity index (χ1n) is 25.1. The molecule has 11 aromatic carbocycles. The minimum Gasteiger partial charge on any atom is -0.310 e. The molecule has 0 bridgehead atoms. The molecule has 0 heterocycles. The second-order valence-electron chi connectivity index (χ2n) is 20.0. The molecule has 0 radical (unpaired) electrons. The molecule has 0 saturated heterocycles. The molecule has 1 aliphatic carbocycles. The van der Waals surface area contributed by atoms with Crippen molar-refractivity contribution in [3.63, 3.8) is 0 Å². The van der Waals surface area contributed by atoms with Gasteiger partial charge >= 0.3 is 0 Å². The van der Waals surface area contributed by atoms with E-state index in [4.69, 9.17) is 0 Å². The summed E-state index contributed by atoms with van der Waals surface area (Å²) in [4.78, 5) is 4.72. The number of rotatable bonds is 11. The van der Waals surface area contributed by atoms with E-state index in [0.717, 1.165) is 45.3 Å². The molecule has 0 unspecified atom stereocenters. The van der Waals surface area contributed by atoms with Crippen LogP contribution in [0.1, 0.15) is 48.6 Å². The number of fused-ring (bicyclic) bond motifs is 5. The molecule has 0 N–H and O–H groups in total. The number of anilines is 5. The van der Waals surface area contributed by atoms with Crippen LogP contribution in [0.4, 0.5) is 28.4 Å². The van der Waals surface area contributed by atoms with Gasteiger partial charge in [-0.05, 0) is 194 Å². The standard InChI is InChI=1S/C70H56N2/c1-7-54(71(55-20-11-8-12-21-55)59-42-52(49-34-29-46(2)30-35-49)41-53(43-59)50-36-31-47(3)32-37-50)38-33-48(4)64-44-51-19-17-27-62-66(51)67-60(64)26-18-28-63(67)69-68(62)61-40-39-58(45-65(61)70(69,5)6)72(56-22-13-9-14-23-56)57-24-15-10-16-25-57/h7-45H,1H2,2-6H3/b48-33+,54-38+. The highest BCUT2D eigenvalue weighted by molar-refractivity contribution is 6.30. The maximum atomic E-state index is 4.44. The van der Waals surface area contributed by atoms with E-state index in [1.54, 1.807) is 0 Å². The summed E-state index contributed by atoms with van der Waals surface area (Å²) < 4.78 is 0. The van der Waals surface area contributed by atoms with Gasteiger partial charge in [0.15, 0.2) is 0 Å². The number of benzene rings is 11. The van der Waals surface area contributed by atoms with Crippen molar-refractivity contribution in [1.29, 1.82) is 0 Å². The Morgan fingerprint density at radius 1 is 0.458 bits per heavy atom. The monoisotopic (exact) mass is 924 g/mol. The summed E-state index contributed by atoms with van der Waals surface area (Å²) in [6.07, 6.45) is 6.51. The predicted octanol–water partition coefficient (Wildman–Crippen LogP) is 19.6. The molecule has 0 amide bonds.